The Hall–Kier alpha value is -0.650. The summed E-state index contributed by atoms with van der Waals surface area (Å²) in [7, 11) is 1.80. The van der Waals surface area contributed by atoms with Crippen LogP contribution in [-0.2, 0) is 9.53 Å². The number of carbonyl (C=O) groups excluding carboxylic acids is 1. The van der Waals surface area contributed by atoms with E-state index in [1.807, 2.05) is 18.7 Å². The maximum Gasteiger partial charge on any atom is 0.236 e. The van der Waals surface area contributed by atoms with Crippen LogP contribution in [0.4, 0.5) is 0 Å². The third-order valence-corrected chi connectivity index (χ3v) is 2.91. The number of nitrogens with one attached hydrogen (secondary N) is 1. The lowest BCUT2D eigenvalue weighted by atomic mass is 10.3. The predicted molar refractivity (Wildman–Crippen MR) is 68.0 cm³/mol. The van der Waals surface area contributed by atoms with Crippen LogP contribution >= 0.6 is 0 Å². The Morgan fingerprint density at radius 1 is 1.29 bits per heavy atom. The third kappa shape index (κ3) is 5.48. The molecule has 0 unspecified atom stereocenters. The molecule has 5 heteroatoms. The molecule has 1 heterocycles. The first-order valence-electron chi connectivity index (χ1n) is 6.40. The monoisotopic (exact) mass is 243 g/mol. The molecule has 1 saturated heterocycles. The van der Waals surface area contributed by atoms with Gasteiger partial charge < -0.3 is 15.0 Å². The highest BCUT2D eigenvalue weighted by molar-refractivity contribution is 5.78. The molecule has 0 aromatic carbocycles. The smallest absolute Gasteiger partial charge is 0.236 e. The summed E-state index contributed by atoms with van der Waals surface area (Å²) >= 11 is 0. The average molecular weight is 243 g/mol. The van der Waals surface area contributed by atoms with E-state index < -0.39 is 0 Å². The SMILES string of the molecule is CNCC(=O)N1CCN(CCOC(C)C)CC1. The van der Waals surface area contributed by atoms with Crippen molar-refractivity contribution >= 4 is 5.91 Å². The standard InChI is InChI=1S/C12H25N3O2/c1-11(2)17-9-8-14-4-6-15(7-5-14)12(16)10-13-3/h11,13H,4-10H2,1-3H3. The Morgan fingerprint density at radius 2 is 1.94 bits per heavy atom. The molecule has 1 rings (SSSR count). The first-order chi connectivity index (χ1) is 8.13. The number of likely N-dealkylation sites (N-methyl/N-ethyl adjacent to an activating group) is 1. The van der Waals surface area contributed by atoms with E-state index >= 15 is 0 Å². The Balaban J connectivity index is 2.15. The van der Waals surface area contributed by atoms with Crippen LogP contribution in [-0.4, -0.2) is 74.7 Å². The van der Waals surface area contributed by atoms with E-state index in [-0.39, 0.29) is 5.91 Å². The molecule has 0 saturated carbocycles. The van der Waals surface area contributed by atoms with Crippen molar-refractivity contribution < 1.29 is 9.53 Å². The summed E-state index contributed by atoms with van der Waals surface area (Å²) in [4.78, 5) is 15.9. The van der Waals surface area contributed by atoms with Crippen molar-refractivity contribution in [2.75, 3.05) is 52.9 Å². The van der Waals surface area contributed by atoms with Crippen LogP contribution in [0.25, 0.3) is 0 Å². The molecule has 0 bridgehead atoms. The quantitative estimate of drug-likeness (QED) is 0.700. The number of nitrogens with zero attached hydrogens (tertiary/aromatic N) is 2. The minimum absolute atomic E-state index is 0.200. The lowest BCUT2D eigenvalue weighted by Crippen LogP contribution is -2.51. The molecule has 1 aliphatic rings. The molecule has 17 heavy (non-hydrogen) atoms. The maximum absolute atomic E-state index is 11.6. The van der Waals surface area contributed by atoms with Gasteiger partial charge in [-0.25, -0.2) is 0 Å². The van der Waals surface area contributed by atoms with Crippen LogP contribution in [0.2, 0.25) is 0 Å². The van der Waals surface area contributed by atoms with Gasteiger partial charge in [0, 0.05) is 32.7 Å². The number of ether oxygens (including phenoxy) is 1. The second-order valence-electron chi connectivity index (χ2n) is 4.67. The summed E-state index contributed by atoms with van der Waals surface area (Å²) in [6.45, 7) is 9.87. The highest BCUT2D eigenvalue weighted by Crippen LogP contribution is 2.02. The highest BCUT2D eigenvalue weighted by Gasteiger charge is 2.19. The Bertz CT molecular complexity index is 226. The first-order valence-corrected chi connectivity index (χ1v) is 6.40. The van der Waals surface area contributed by atoms with E-state index in [0.717, 1.165) is 39.3 Å². The zero-order valence-electron chi connectivity index (χ0n) is 11.2. The van der Waals surface area contributed by atoms with Gasteiger partial charge in [-0.15, -0.1) is 0 Å². The molecule has 5 nitrogen and oxygen atoms in total. The molecule has 1 fully saturated rings. The van der Waals surface area contributed by atoms with Gasteiger partial charge in [-0.2, -0.15) is 0 Å². The highest BCUT2D eigenvalue weighted by atomic mass is 16.5. The van der Waals surface area contributed by atoms with Gasteiger partial charge in [0.05, 0.1) is 19.3 Å². The van der Waals surface area contributed by atoms with Crippen molar-refractivity contribution in [3.05, 3.63) is 0 Å². The second-order valence-corrected chi connectivity index (χ2v) is 4.67. The summed E-state index contributed by atoms with van der Waals surface area (Å²) in [5, 5.41) is 2.90. The minimum Gasteiger partial charge on any atom is -0.377 e. The normalized spacial score (nSPS) is 17.8. The molecule has 0 spiro atoms. The van der Waals surface area contributed by atoms with Crippen LogP contribution in [0, 0.1) is 0 Å². The molecule has 0 aromatic heterocycles. The average Bonchev–Trinajstić information content (AvgIpc) is 2.30. The first kappa shape index (κ1) is 14.4. The van der Waals surface area contributed by atoms with Gasteiger partial charge in [-0.05, 0) is 20.9 Å². The maximum atomic E-state index is 11.6. The zero-order valence-corrected chi connectivity index (χ0v) is 11.2. The lowest BCUT2D eigenvalue weighted by Gasteiger charge is -2.34. The topological polar surface area (TPSA) is 44.8 Å². The summed E-state index contributed by atoms with van der Waals surface area (Å²) in [6, 6.07) is 0. The van der Waals surface area contributed by atoms with Crippen LogP contribution in [0.1, 0.15) is 13.8 Å². The summed E-state index contributed by atoms with van der Waals surface area (Å²) in [6.07, 6.45) is 0.300. The van der Waals surface area contributed by atoms with E-state index in [9.17, 15) is 4.79 Å². The van der Waals surface area contributed by atoms with Crippen molar-refractivity contribution in [1.82, 2.24) is 15.1 Å². The van der Waals surface area contributed by atoms with Crippen LogP contribution in [0.3, 0.4) is 0 Å². The molecule has 100 valence electrons. The number of hydrogen-bond donors (Lipinski definition) is 1. The fourth-order valence-electron chi connectivity index (χ4n) is 1.90. The van der Waals surface area contributed by atoms with E-state index in [2.05, 4.69) is 10.2 Å². The molecule has 1 amide bonds. The van der Waals surface area contributed by atoms with Gasteiger partial charge in [-0.3, -0.25) is 9.69 Å². The van der Waals surface area contributed by atoms with E-state index in [1.165, 1.54) is 0 Å². The lowest BCUT2D eigenvalue weighted by molar-refractivity contribution is -0.131. The minimum atomic E-state index is 0.200. The van der Waals surface area contributed by atoms with Gasteiger partial charge in [0.15, 0.2) is 0 Å². The van der Waals surface area contributed by atoms with E-state index in [1.54, 1.807) is 7.05 Å². The molecule has 0 aliphatic carbocycles. The largest absolute Gasteiger partial charge is 0.377 e. The van der Waals surface area contributed by atoms with E-state index in [0.29, 0.717) is 12.6 Å². The van der Waals surface area contributed by atoms with Gasteiger partial charge in [0.1, 0.15) is 0 Å². The number of rotatable bonds is 6. The fourth-order valence-corrected chi connectivity index (χ4v) is 1.90. The Labute approximate surface area is 104 Å². The fraction of sp³-hybridized carbons (Fsp3) is 0.917. The van der Waals surface area contributed by atoms with Gasteiger partial charge in [0.2, 0.25) is 5.91 Å². The van der Waals surface area contributed by atoms with Gasteiger partial charge in [-0.1, -0.05) is 0 Å². The number of hydrogen-bond acceptors (Lipinski definition) is 4. The van der Waals surface area contributed by atoms with Crippen LogP contribution in [0.15, 0.2) is 0 Å². The van der Waals surface area contributed by atoms with E-state index in [4.69, 9.17) is 4.74 Å². The molecule has 1 N–H and O–H groups in total. The van der Waals surface area contributed by atoms with Gasteiger partial charge in [0.25, 0.3) is 0 Å². The molecule has 0 atom stereocenters. The second kappa shape index (κ2) is 7.63. The summed E-state index contributed by atoms with van der Waals surface area (Å²) < 4.78 is 5.53. The third-order valence-electron chi connectivity index (χ3n) is 2.91. The molecular formula is C12H25N3O2. The van der Waals surface area contributed by atoms with Crippen molar-refractivity contribution in [3.63, 3.8) is 0 Å². The Morgan fingerprint density at radius 3 is 2.47 bits per heavy atom. The number of piperazine rings is 1. The number of carbonyl (C=O) groups is 1. The summed E-state index contributed by atoms with van der Waals surface area (Å²) in [5.74, 6) is 0.200. The number of amides is 1. The van der Waals surface area contributed by atoms with Crippen LogP contribution in [0.5, 0.6) is 0 Å². The molecule has 1 aliphatic heterocycles. The predicted octanol–water partition coefficient (Wildman–Crippen LogP) is -0.225. The van der Waals surface area contributed by atoms with Crippen molar-refractivity contribution in [2.45, 2.75) is 20.0 Å². The van der Waals surface area contributed by atoms with Crippen molar-refractivity contribution in [1.29, 1.82) is 0 Å². The Kier molecular flexibility index (Phi) is 6.47. The summed E-state index contributed by atoms with van der Waals surface area (Å²) in [5.41, 5.74) is 0. The van der Waals surface area contributed by atoms with Gasteiger partial charge >= 0.3 is 0 Å². The van der Waals surface area contributed by atoms with Crippen LogP contribution < -0.4 is 5.32 Å². The molecule has 0 radical (unpaired) electrons. The van der Waals surface area contributed by atoms with Crippen molar-refractivity contribution in [2.24, 2.45) is 0 Å². The molecular weight excluding hydrogens is 218 g/mol. The van der Waals surface area contributed by atoms with Crippen molar-refractivity contribution in [3.8, 4) is 0 Å². The molecule has 0 aromatic rings. The zero-order chi connectivity index (χ0) is 12.7.